The van der Waals surface area contributed by atoms with Gasteiger partial charge < -0.3 is 27.9 Å². The van der Waals surface area contributed by atoms with Crippen LogP contribution in [0, 0.1) is 0 Å². The van der Waals surface area contributed by atoms with E-state index in [1.807, 2.05) is 28.1 Å². The molecule has 0 N–H and O–H groups in total. The van der Waals surface area contributed by atoms with Crippen molar-refractivity contribution in [2.24, 2.45) is 0 Å². The molecule has 0 saturated heterocycles. The summed E-state index contributed by atoms with van der Waals surface area (Å²) in [5.41, 5.74) is 0. The van der Waals surface area contributed by atoms with Crippen LogP contribution in [0.4, 0.5) is 0 Å². The van der Waals surface area contributed by atoms with Crippen molar-refractivity contribution in [3.63, 3.8) is 0 Å². The van der Waals surface area contributed by atoms with E-state index in [1.54, 1.807) is 0 Å². The normalized spacial score (nSPS) is 13.8. The number of nitrogens with zero attached hydrogens (tertiary/aromatic N) is 1. The van der Waals surface area contributed by atoms with Crippen LogP contribution in [0.3, 0.4) is 0 Å². The van der Waals surface area contributed by atoms with Gasteiger partial charge in [0.15, 0.2) is 0 Å². The molecule has 0 aromatic rings. The van der Waals surface area contributed by atoms with Gasteiger partial charge in [-0.1, -0.05) is 181 Å². The molecule has 0 rings (SSSR count). The number of esters is 1. The molecule has 8 nitrogen and oxygen atoms in total. The molecule has 0 fully saturated rings. The summed E-state index contributed by atoms with van der Waals surface area (Å²) in [6.07, 6.45) is 36.8. The summed E-state index contributed by atoms with van der Waals surface area (Å²) in [6, 6.07) is 0. The summed E-state index contributed by atoms with van der Waals surface area (Å²) in [5.74, 6) is -0.365. The van der Waals surface area contributed by atoms with Crippen LogP contribution >= 0.6 is 7.82 Å². The SMILES string of the molecule is CCCCCCCCCCCCCCCCCCCCCCCCCCCCOCC(COP(=O)([O-])OCC[N+](C)(C)C)OC(=O)CCCC. The largest absolute Gasteiger partial charge is 0.756 e. The zero-order valence-corrected chi connectivity index (χ0v) is 34.8. The smallest absolute Gasteiger partial charge is 0.306 e. The number of carbonyl (C=O) groups excluding carboxylic acids is 1. The number of phosphoric acid groups is 1. The highest BCUT2D eigenvalue weighted by atomic mass is 31.2. The van der Waals surface area contributed by atoms with Crippen LogP contribution in [0.2, 0.25) is 0 Å². The fourth-order valence-corrected chi connectivity index (χ4v) is 6.78. The summed E-state index contributed by atoms with van der Waals surface area (Å²) in [7, 11) is 1.36. The van der Waals surface area contributed by atoms with Crippen LogP contribution in [-0.4, -0.2) is 70.7 Å². The van der Waals surface area contributed by atoms with Gasteiger partial charge in [-0.05, 0) is 12.8 Å². The van der Waals surface area contributed by atoms with Crippen molar-refractivity contribution in [2.45, 2.75) is 206 Å². The number of unbranched alkanes of at least 4 members (excludes halogenated alkanes) is 26. The first-order valence-electron chi connectivity index (χ1n) is 21.3. The molecule has 0 saturated carbocycles. The molecule has 2 unspecified atom stereocenters. The Kier molecular flexibility index (Phi) is 35.2. The molecular weight excluding hydrogens is 649 g/mol. The minimum Gasteiger partial charge on any atom is -0.756 e. The molecule has 9 heteroatoms. The lowest BCUT2D eigenvalue weighted by Gasteiger charge is -2.28. The third kappa shape index (κ3) is 38.7. The molecule has 0 aliphatic carbocycles. The van der Waals surface area contributed by atoms with E-state index >= 15 is 0 Å². The van der Waals surface area contributed by atoms with E-state index < -0.39 is 13.9 Å². The molecule has 50 heavy (non-hydrogen) atoms. The van der Waals surface area contributed by atoms with E-state index in [9.17, 15) is 14.3 Å². The van der Waals surface area contributed by atoms with E-state index in [0.29, 0.717) is 24.1 Å². The zero-order chi connectivity index (χ0) is 37.0. The fraction of sp³-hybridized carbons (Fsp3) is 0.976. The summed E-state index contributed by atoms with van der Waals surface area (Å²) in [5, 5.41) is 0. The van der Waals surface area contributed by atoms with Gasteiger partial charge in [-0.2, -0.15) is 0 Å². The van der Waals surface area contributed by atoms with Gasteiger partial charge in [0.2, 0.25) is 0 Å². The van der Waals surface area contributed by atoms with Gasteiger partial charge in [-0.15, -0.1) is 0 Å². The molecule has 0 radical (unpaired) electrons. The summed E-state index contributed by atoms with van der Waals surface area (Å²) < 4.78 is 34.0. The highest BCUT2D eigenvalue weighted by molar-refractivity contribution is 7.45. The molecule has 0 heterocycles. The van der Waals surface area contributed by atoms with Gasteiger partial charge in [0.05, 0.1) is 34.4 Å². The second-order valence-electron chi connectivity index (χ2n) is 15.7. The summed E-state index contributed by atoms with van der Waals surface area (Å²) in [4.78, 5) is 24.3. The van der Waals surface area contributed by atoms with E-state index in [4.69, 9.17) is 18.5 Å². The van der Waals surface area contributed by atoms with Crippen molar-refractivity contribution < 1.29 is 37.3 Å². The Labute approximate surface area is 310 Å². The second kappa shape index (κ2) is 35.5. The van der Waals surface area contributed by atoms with Gasteiger partial charge in [0.25, 0.3) is 7.82 Å². The molecule has 300 valence electrons. The Morgan fingerprint density at radius 2 is 0.920 bits per heavy atom. The maximum Gasteiger partial charge on any atom is 0.306 e. The van der Waals surface area contributed by atoms with Crippen molar-refractivity contribution in [3.8, 4) is 0 Å². The topological polar surface area (TPSA) is 94.1 Å². The maximum absolute atomic E-state index is 12.2. The number of rotatable bonds is 40. The van der Waals surface area contributed by atoms with Crippen molar-refractivity contribution >= 4 is 13.8 Å². The number of likely N-dealkylation sites (N-methyl/N-ethyl adjacent to an activating group) is 1. The summed E-state index contributed by atoms with van der Waals surface area (Å²) >= 11 is 0. The van der Waals surface area contributed by atoms with Gasteiger partial charge in [0, 0.05) is 13.0 Å². The zero-order valence-electron chi connectivity index (χ0n) is 33.9. The Hall–Kier alpha value is -0.500. The van der Waals surface area contributed by atoms with E-state index in [0.717, 1.165) is 25.7 Å². The Morgan fingerprint density at radius 1 is 0.540 bits per heavy atom. The minimum absolute atomic E-state index is 0.0291. The molecule has 0 aromatic carbocycles. The van der Waals surface area contributed by atoms with Gasteiger partial charge in [-0.25, -0.2) is 0 Å². The number of hydrogen-bond donors (Lipinski definition) is 0. The van der Waals surface area contributed by atoms with Crippen LogP contribution in [0.15, 0.2) is 0 Å². The lowest BCUT2D eigenvalue weighted by molar-refractivity contribution is -0.870. The predicted molar refractivity (Wildman–Crippen MR) is 208 cm³/mol. The first-order chi connectivity index (χ1) is 24.1. The number of hydrogen-bond acceptors (Lipinski definition) is 7. The quantitative estimate of drug-likeness (QED) is 0.0268. The predicted octanol–water partition coefficient (Wildman–Crippen LogP) is 11.5. The molecule has 0 amide bonds. The molecular formula is C41H84NO7P. The maximum atomic E-state index is 12.2. The lowest BCUT2D eigenvalue weighted by atomic mass is 10.0. The van der Waals surface area contributed by atoms with Gasteiger partial charge >= 0.3 is 5.97 Å². The molecule has 0 bridgehead atoms. The van der Waals surface area contributed by atoms with E-state index in [1.165, 1.54) is 154 Å². The van der Waals surface area contributed by atoms with Crippen molar-refractivity contribution in [3.05, 3.63) is 0 Å². The fourth-order valence-electron chi connectivity index (χ4n) is 6.06. The van der Waals surface area contributed by atoms with Crippen molar-refractivity contribution in [1.82, 2.24) is 0 Å². The van der Waals surface area contributed by atoms with Crippen LogP contribution in [0.5, 0.6) is 0 Å². The van der Waals surface area contributed by atoms with E-state index in [-0.39, 0.29) is 25.8 Å². The van der Waals surface area contributed by atoms with Crippen molar-refractivity contribution in [2.75, 3.05) is 54.1 Å². The third-order valence-electron chi connectivity index (χ3n) is 9.41. The van der Waals surface area contributed by atoms with Crippen LogP contribution in [0.25, 0.3) is 0 Å². The Bertz CT molecular complexity index is 777. The monoisotopic (exact) mass is 734 g/mol. The molecule has 0 aliphatic heterocycles. The van der Waals surface area contributed by atoms with Crippen LogP contribution in [-0.2, 0) is 27.9 Å². The molecule has 2 atom stereocenters. The molecule has 0 spiro atoms. The van der Waals surface area contributed by atoms with Gasteiger partial charge in [-0.3, -0.25) is 9.36 Å². The second-order valence-corrected chi connectivity index (χ2v) is 17.1. The van der Waals surface area contributed by atoms with E-state index in [2.05, 4.69) is 6.92 Å². The number of ether oxygens (including phenoxy) is 2. The Morgan fingerprint density at radius 3 is 1.30 bits per heavy atom. The highest BCUT2D eigenvalue weighted by Gasteiger charge is 2.20. The number of phosphoric ester groups is 1. The Balaban J connectivity index is 3.66. The van der Waals surface area contributed by atoms with Crippen LogP contribution in [0.1, 0.15) is 200 Å². The summed E-state index contributed by atoms with van der Waals surface area (Å²) in [6.45, 7) is 5.20. The molecule has 0 aliphatic rings. The number of carbonyl (C=O) groups is 1. The van der Waals surface area contributed by atoms with Gasteiger partial charge in [0.1, 0.15) is 19.3 Å². The standard InChI is InChI=1S/C41H84NO7P/c1-6-8-10-11-12-13-14-15-16-17-18-19-20-21-22-23-24-25-26-27-28-29-30-31-32-33-36-46-38-40(49-41(43)34-9-7-2)39-48-50(44,45)47-37-35-42(3,4)5/h40H,6-39H2,1-5H3. The third-order valence-corrected chi connectivity index (χ3v) is 10.4. The average Bonchev–Trinajstić information content (AvgIpc) is 3.06. The highest BCUT2D eigenvalue weighted by Crippen LogP contribution is 2.38. The van der Waals surface area contributed by atoms with Crippen LogP contribution < -0.4 is 4.89 Å². The number of quaternary nitrogens is 1. The minimum atomic E-state index is -4.49. The lowest BCUT2D eigenvalue weighted by Crippen LogP contribution is -2.37. The molecule has 0 aromatic heterocycles. The first kappa shape index (κ1) is 49.5. The van der Waals surface area contributed by atoms with Crippen molar-refractivity contribution in [1.29, 1.82) is 0 Å². The average molecular weight is 734 g/mol. The first-order valence-corrected chi connectivity index (χ1v) is 22.7.